The Labute approximate surface area is 180 Å². The second kappa shape index (κ2) is 9.32. The van der Waals surface area contributed by atoms with Crippen LogP contribution in [0.15, 0.2) is 54.7 Å². The highest BCUT2D eigenvalue weighted by atomic mass is 35.5. The molecule has 156 valence electrons. The fourth-order valence-corrected chi connectivity index (χ4v) is 4.00. The zero-order valence-electron chi connectivity index (χ0n) is 16.6. The number of carbonyl (C=O) groups excluding carboxylic acids is 2. The molecule has 0 unspecified atom stereocenters. The number of hydrogen-bond donors (Lipinski definition) is 2. The Morgan fingerprint density at radius 1 is 1.10 bits per heavy atom. The molecule has 1 aromatic heterocycles. The van der Waals surface area contributed by atoms with Crippen LogP contribution in [-0.2, 0) is 4.74 Å². The molecule has 30 heavy (non-hydrogen) atoms. The number of carbonyl (C=O) groups is 2. The second-order valence-corrected chi connectivity index (χ2v) is 7.93. The molecule has 0 saturated carbocycles. The van der Waals surface area contributed by atoms with Crippen molar-refractivity contribution in [2.24, 2.45) is 5.92 Å². The van der Waals surface area contributed by atoms with Gasteiger partial charge >= 0.3 is 6.09 Å². The van der Waals surface area contributed by atoms with E-state index in [0.29, 0.717) is 18.2 Å². The minimum Gasteiger partial charge on any atom is -0.448 e. The molecule has 0 radical (unpaired) electrons. The molecule has 4 rings (SSSR count). The lowest BCUT2D eigenvalue weighted by Gasteiger charge is -2.31. The SMILES string of the molecule is O=C(Nc1cccc2[nH]ccc12)OCCN1CCC(C(=O)c2ccc(Cl)cc2)CC1. The summed E-state index contributed by atoms with van der Waals surface area (Å²) in [4.78, 5) is 30.1. The number of Topliss-reactive ketones (excluding diaryl/α,β-unsaturated/α-hetero) is 1. The molecule has 0 aliphatic carbocycles. The lowest BCUT2D eigenvalue weighted by Crippen LogP contribution is -2.38. The third-order valence-corrected chi connectivity index (χ3v) is 5.81. The Hall–Kier alpha value is -2.83. The molecule has 1 aliphatic rings. The topological polar surface area (TPSA) is 74.4 Å². The number of nitrogens with one attached hydrogen (secondary N) is 2. The number of anilines is 1. The maximum atomic E-state index is 12.6. The second-order valence-electron chi connectivity index (χ2n) is 7.49. The van der Waals surface area contributed by atoms with Crippen molar-refractivity contribution in [1.82, 2.24) is 9.88 Å². The summed E-state index contributed by atoms with van der Waals surface area (Å²) in [6, 6.07) is 14.7. The summed E-state index contributed by atoms with van der Waals surface area (Å²) in [6.45, 7) is 2.60. The molecule has 1 saturated heterocycles. The lowest BCUT2D eigenvalue weighted by atomic mass is 9.89. The molecule has 2 aromatic carbocycles. The van der Waals surface area contributed by atoms with Gasteiger partial charge in [-0.2, -0.15) is 0 Å². The highest BCUT2D eigenvalue weighted by Crippen LogP contribution is 2.23. The highest BCUT2D eigenvalue weighted by molar-refractivity contribution is 6.30. The third kappa shape index (κ3) is 4.83. The van der Waals surface area contributed by atoms with Crippen LogP contribution in [0.1, 0.15) is 23.2 Å². The molecule has 0 bridgehead atoms. The van der Waals surface area contributed by atoms with Crippen LogP contribution in [-0.4, -0.2) is 48.0 Å². The average molecular weight is 426 g/mol. The predicted octanol–water partition coefficient (Wildman–Crippen LogP) is 4.96. The van der Waals surface area contributed by atoms with Gasteiger partial charge in [0.25, 0.3) is 0 Å². The Morgan fingerprint density at radius 3 is 2.63 bits per heavy atom. The summed E-state index contributed by atoms with van der Waals surface area (Å²) in [5.41, 5.74) is 2.40. The molecule has 2 heterocycles. The number of rotatable bonds is 6. The molecule has 1 aliphatic heterocycles. The maximum absolute atomic E-state index is 12.6. The van der Waals surface area contributed by atoms with E-state index in [4.69, 9.17) is 16.3 Å². The van der Waals surface area contributed by atoms with Gasteiger partial charge in [-0.05, 0) is 68.4 Å². The smallest absolute Gasteiger partial charge is 0.411 e. The van der Waals surface area contributed by atoms with Gasteiger partial charge in [-0.3, -0.25) is 15.0 Å². The van der Waals surface area contributed by atoms with Gasteiger partial charge in [0, 0.05) is 40.1 Å². The van der Waals surface area contributed by atoms with Crippen molar-refractivity contribution in [3.63, 3.8) is 0 Å². The number of likely N-dealkylation sites (tertiary alicyclic amines) is 1. The van der Waals surface area contributed by atoms with E-state index in [2.05, 4.69) is 15.2 Å². The molecule has 6 nitrogen and oxygen atoms in total. The number of aromatic nitrogens is 1. The molecule has 2 N–H and O–H groups in total. The normalized spacial score (nSPS) is 15.2. The van der Waals surface area contributed by atoms with Gasteiger partial charge in [0.15, 0.2) is 5.78 Å². The van der Waals surface area contributed by atoms with Crippen molar-refractivity contribution in [3.8, 4) is 0 Å². The Morgan fingerprint density at radius 2 is 1.87 bits per heavy atom. The van der Waals surface area contributed by atoms with Crippen molar-refractivity contribution in [2.75, 3.05) is 31.6 Å². The van der Waals surface area contributed by atoms with E-state index in [1.165, 1.54) is 0 Å². The van der Waals surface area contributed by atoms with Gasteiger partial charge in [-0.25, -0.2) is 4.79 Å². The minimum absolute atomic E-state index is 0.0356. The number of aromatic amines is 1. The van der Waals surface area contributed by atoms with E-state index >= 15 is 0 Å². The first kappa shape index (κ1) is 20.4. The fourth-order valence-electron chi connectivity index (χ4n) is 3.88. The number of hydrogen-bond acceptors (Lipinski definition) is 4. The first-order valence-corrected chi connectivity index (χ1v) is 10.5. The first-order valence-electron chi connectivity index (χ1n) is 10.1. The molecular weight excluding hydrogens is 402 g/mol. The fraction of sp³-hybridized carbons (Fsp3) is 0.304. The van der Waals surface area contributed by atoms with Crippen molar-refractivity contribution >= 4 is 40.1 Å². The summed E-state index contributed by atoms with van der Waals surface area (Å²) in [5, 5.41) is 4.38. The molecule has 7 heteroatoms. The lowest BCUT2D eigenvalue weighted by molar-refractivity contribution is 0.0813. The van der Waals surface area contributed by atoms with Crippen LogP contribution in [0.5, 0.6) is 0 Å². The maximum Gasteiger partial charge on any atom is 0.411 e. The van der Waals surface area contributed by atoms with Crippen LogP contribution in [0, 0.1) is 5.92 Å². The average Bonchev–Trinajstić information content (AvgIpc) is 3.24. The van der Waals surface area contributed by atoms with E-state index in [0.717, 1.165) is 48.1 Å². The number of nitrogens with zero attached hydrogens (tertiary/aromatic N) is 1. The number of piperidine rings is 1. The zero-order chi connectivity index (χ0) is 20.9. The minimum atomic E-state index is -0.462. The molecule has 0 spiro atoms. The van der Waals surface area contributed by atoms with Crippen LogP contribution in [0.2, 0.25) is 5.02 Å². The van der Waals surface area contributed by atoms with Crippen LogP contribution in [0.3, 0.4) is 0 Å². The van der Waals surface area contributed by atoms with Gasteiger partial charge in [0.1, 0.15) is 6.61 Å². The number of amides is 1. The predicted molar refractivity (Wildman–Crippen MR) is 118 cm³/mol. The number of ether oxygens (including phenoxy) is 1. The van der Waals surface area contributed by atoms with Crippen LogP contribution >= 0.6 is 11.6 Å². The summed E-state index contributed by atoms with van der Waals surface area (Å²) in [7, 11) is 0. The highest BCUT2D eigenvalue weighted by Gasteiger charge is 2.25. The van der Waals surface area contributed by atoms with Crippen molar-refractivity contribution < 1.29 is 14.3 Å². The largest absolute Gasteiger partial charge is 0.448 e. The standard InChI is InChI=1S/C23H24ClN3O3/c24-18-6-4-16(5-7-18)22(28)17-9-12-27(13-10-17)14-15-30-23(29)26-21-3-1-2-20-19(21)8-11-25-20/h1-8,11,17,25H,9-10,12-15H2,(H,26,29). The van der Waals surface area contributed by atoms with Crippen molar-refractivity contribution in [3.05, 3.63) is 65.3 Å². The monoisotopic (exact) mass is 425 g/mol. The van der Waals surface area contributed by atoms with Crippen LogP contribution < -0.4 is 5.32 Å². The summed E-state index contributed by atoms with van der Waals surface area (Å²) in [5.74, 6) is 0.217. The Bertz CT molecular complexity index is 1020. The molecule has 3 aromatic rings. The number of halogens is 1. The van der Waals surface area contributed by atoms with Gasteiger partial charge < -0.3 is 9.72 Å². The number of ketones is 1. The summed E-state index contributed by atoms with van der Waals surface area (Å²) < 4.78 is 5.35. The van der Waals surface area contributed by atoms with Crippen LogP contribution in [0.4, 0.5) is 10.5 Å². The summed E-state index contributed by atoms with van der Waals surface area (Å²) >= 11 is 5.90. The van der Waals surface area contributed by atoms with Crippen LogP contribution in [0.25, 0.3) is 10.9 Å². The quantitative estimate of drug-likeness (QED) is 0.547. The summed E-state index contributed by atoms with van der Waals surface area (Å²) in [6.07, 6.45) is 2.99. The van der Waals surface area contributed by atoms with Gasteiger partial charge in [-0.1, -0.05) is 17.7 Å². The van der Waals surface area contributed by atoms with Gasteiger partial charge in [0.2, 0.25) is 0 Å². The number of benzene rings is 2. The van der Waals surface area contributed by atoms with Gasteiger partial charge in [-0.15, -0.1) is 0 Å². The van der Waals surface area contributed by atoms with Crippen molar-refractivity contribution in [1.29, 1.82) is 0 Å². The zero-order valence-corrected chi connectivity index (χ0v) is 17.3. The van der Waals surface area contributed by atoms with E-state index in [1.54, 1.807) is 24.3 Å². The molecule has 0 atom stereocenters. The number of H-pyrrole nitrogens is 1. The van der Waals surface area contributed by atoms with E-state index in [-0.39, 0.29) is 11.7 Å². The third-order valence-electron chi connectivity index (χ3n) is 5.56. The Kier molecular flexibility index (Phi) is 6.35. The van der Waals surface area contributed by atoms with E-state index < -0.39 is 6.09 Å². The van der Waals surface area contributed by atoms with Gasteiger partial charge in [0.05, 0.1) is 5.69 Å². The molecular formula is C23H24ClN3O3. The van der Waals surface area contributed by atoms with Crippen molar-refractivity contribution in [2.45, 2.75) is 12.8 Å². The Balaban J connectivity index is 1.19. The van der Waals surface area contributed by atoms with E-state index in [9.17, 15) is 9.59 Å². The first-order chi connectivity index (χ1) is 14.6. The number of fused-ring (bicyclic) bond motifs is 1. The molecule has 1 amide bonds. The molecule has 1 fully saturated rings. The van der Waals surface area contributed by atoms with E-state index in [1.807, 2.05) is 30.5 Å².